The van der Waals surface area contributed by atoms with E-state index in [-0.39, 0.29) is 38.2 Å². The summed E-state index contributed by atoms with van der Waals surface area (Å²) < 4.78 is 16.7. The van der Waals surface area contributed by atoms with E-state index in [0.717, 1.165) is 5.57 Å². The van der Waals surface area contributed by atoms with Gasteiger partial charge < -0.3 is 55.1 Å². The average molecular weight is 585 g/mol. The van der Waals surface area contributed by atoms with Crippen molar-refractivity contribution in [1.29, 1.82) is 0 Å². The topological polar surface area (TPSA) is 207 Å². The summed E-state index contributed by atoms with van der Waals surface area (Å²) in [7, 11) is 0. The molecule has 6 rings (SSSR count). The van der Waals surface area contributed by atoms with Gasteiger partial charge >= 0.3 is 5.97 Å². The largest absolute Gasteiger partial charge is 0.458 e. The number of ether oxygens (including phenoxy) is 3. The maximum atomic E-state index is 12.4. The first-order valence-corrected chi connectivity index (χ1v) is 14.9. The Bertz CT molecular complexity index is 1080. The predicted octanol–water partition coefficient (Wildman–Crippen LogP) is -1.51. The molecule has 0 radical (unpaired) electrons. The van der Waals surface area contributed by atoms with E-state index in [1.807, 2.05) is 6.92 Å². The molecule has 6 aliphatic rings. The molecule has 4 saturated carbocycles. The summed E-state index contributed by atoms with van der Waals surface area (Å²) >= 11 is 0. The Balaban J connectivity index is 1.28. The van der Waals surface area contributed by atoms with E-state index >= 15 is 0 Å². The molecule has 0 amide bonds. The average Bonchev–Trinajstić information content (AvgIpc) is 3.45. The van der Waals surface area contributed by atoms with E-state index in [2.05, 4.69) is 0 Å². The molecule has 8 N–H and O–H groups in total. The molecule has 0 aromatic rings. The number of rotatable bonds is 4. The minimum absolute atomic E-state index is 0.0369. The zero-order valence-corrected chi connectivity index (χ0v) is 23.5. The maximum Gasteiger partial charge on any atom is 0.331 e. The lowest BCUT2D eigenvalue weighted by molar-refractivity contribution is -0.342. The molecule has 0 spiro atoms. The number of aliphatic hydroxyl groups excluding tert-OH is 6. The van der Waals surface area contributed by atoms with Gasteiger partial charge in [0.1, 0.15) is 24.9 Å². The number of hydrogen-bond donors (Lipinski definition) is 8. The van der Waals surface area contributed by atoms with Crippen molar-refractivity contribution in [2.75, 3.05) is 13.2 Å². The van der Waals surface area contributed by atoms with Crippen LogP contribution in [0.3, 0.4) is 0 Å². The zero-order chi connectivity index (χ0) is 29.7. The van der Waals surface area contributed by atoms with Crippen LogP contribution in [-0.4, -0.2) is 120 Å². The molecule has 15 atom stereocenters. The molecular weight excluding hydrogens is 540 g/mol. The highest BCUT2D eigenvalue weighted by molar-refractivity contribution is 5.85. The Labute approximate surface area is 238 Å². The monoisotopic (exact) mass is 584 g/mol. The Morgan fingerprint density at radius 2 is 1.76 bits per heavy atom. The Hall–Kier alpha value is -1.19. The lowest BCUT2D eigenvalue weighted by atomic mass is 9.40. The van der Waals surface area contributed by atoms with E-state index in [1.165, 1.54) is 13.0 Å². The molecule has 0 aromatic carbocycles. The van der Waals surface area contributed by atoms with Gasteiger partial charge in [-0.3, -0.25) is 0 Å². The SMILES string of the molecule is CC1O[C@@H](O[C@H]2C[C@@H](O)C3(CO)[C@H]4[C@H](O)C[C@]5(C)[C@@H](C6=CC(=O)OC6)CC[C@]5(O)[C@@H]4CC[C@]3(O)C2)C(O)C(O)[C@H]1O. The van der Waals surface area contributed by atoms with Crippen molar-refractivity contribution in [2.45, 2.75) is 119 Å². The van der Waals surface area contributed by atoms with Gasteiger partial charge in [0.15, 0.2) is 6.29 Å². The quantitative estimate of drug-likeness (QED) is 0.140. The number of esters is 1. The fourth-order valence-electron chi connectivity index (χ4n) is 10.1. The molecule has 2 heterocycles. The second kappa shape index (κ2) is 9.91. The van der Waals surface area contributed by atoms with Gasteiger partial charge in [0, 0.05) is 30.3 Å². The first-order chi connectivity index (χ1) is 19.2. The molecule has 0 aromatic heterocycles. The van der Waals surface area contributed by atoms with Crippen LogP contribution in [-0.2, 0) is 19.0 Å². The summed E-state index contributed by atoms with van der Waals surface area (Å²) in [5.74, 6) is -1.93. The van der Waals surface area contributed by atoms with Crippen molar-refractivity contribution in [3.63, 3.8) is 0 Å². The molecule has 2 aliphatic heterocycles. The van der Waals surface area contributed by atoms with Crippen LogP contribution in [0.15, 0.2) is 11.6 Å². The first kappa shape index (κ1) is 29.9. The number of carbonyl (C=O) groups excluding carboxylic acids is 1. The standard InChI is InChI=1S/C29H44O12/c1-13-22(34)23(35)24(36)25(40-13)41-15-8-19(32)28(12-30)21-17(3-5-27(28,37)9-15)29(38)6-4-16(14-7-20(33)39-11-14)26(29,2)10-18(21)31/h7,13,15-19,21-25,30-32,34-38H,3-6,8-12H2,1-2H3/t13?,15-,16+,17+,18+,19+,21+,22-,23?,24?,25-,26+,27-,28?,29-/m0/s1. The molecule has 5 fully saturated rings. The Morgan fingerprint density at radius 3 is 2.41 bits per heavy atom. The fraction of sp³-hybridized carbons (Fsp3) is 0.897. The molecule has 1 saturated heterocycles. The smallest absolute Gasteiger partial charge is 0.331 e. The van der Waals surface area contributed by atoms with Crippen molar-refractivity contribution >= 4 is 5.97 Å². The van der Waals surface area contributed by atoms with E-state index in [1.54, 1.807) is 0 Å². The first-order valence-electron chi connectivity index (χ1n) is 14.9. The van der Waals surface area contributed by atoms with Crippen LogP contribution >= 0.6 is 0 Å². The number of aliphatic hydroxyl groups is 8. The normalized spacial score (nSPS) is 56.9. The van der Waals surface area contributed by atoms with Crippen molar-refractivity contribution in [1.82, 2.24) is 0 Å². The van der Waals surface area contributed by atoms with Gasteiger partial charge in [0.25, 0.3) is 0 Å². The van der Waals surface area contributed by atoms with Crippen LogP contribution in [0.4, 0.5) is 0 Å². The summed E-state index contributed by atoms with van der Waals surface area (Å²) in [6, 6.07) is 0. The van der Waals surface area contributed by atoms with Gasteiger partial charge in [0.2, 0.25) is 0 Å². The lowest BCUT2D eigenvalue weighted by Gasteiger charge is -2.68. The minimum atomic E-state index is -1.67. The highest BCUT2D eigenvalue weighted by atomic mass is 16.7. The van der Waals surface area contributed by atoms with Gasteiger partial charge in [-0.1, -0.05) is 6.92 Å². The van der Waals surface area contributed by atoms with Crippen LogP contribution in [0.1, 0.15) is 58.8 Å². The second-order valence-corrected chi connectivity index (χ2v) is 13.8. The molecule has 232 valence electrons. The molecule has 0 bridgehead atoms. The van der Waals surface area contributed by atoms with Crippen LogP contribution < -0.4 is 0 Å². The summed E-state index contributed by atoms with van der Waals surface area (Å²) in [4.78, 5) is 11.8. The third-order valence-electron chi connectivity index (χ3n) is 12.2. The van der Waals surface area contributed by atoms with Crippen molar-refractivity contribution in [2.24, 2.45) is 28.6 Å². The molecule has 4 aliphatic carbocycles. The van der Waals surface area contributed by atoms with E-state index < -0.39 is 95.5 Å². The predicted molar refractivity (Wildman–Crippen MR) is 139 cm³/mol. The third kappa shape index (κ3) is 3.99. The van der Waals surface area contributed by atoms with E-state index in [9.17, 15) is 45.6 Å². The van der Waals surface area contributed by atoms with Crippen molar-refractivity contribution < 1.29 is 59.9 Å². The minimum Gasteiger partial charge on any atom is -0.458 e. The number of fused-ring (bicyclic) bond motifs is 5. The zero-order valence-electron chi connectivity index (χ0n) is 23.5. The Morgan fingerprint density at radius 1 is 1.02 bits per heavy atom. The van der Waals surface area contributed by atoms with E-state index in [0.29, 0.717) is 19.3 Å². The fourth-order valence-corrected chi connectivity index (χ4v) is 10.1. The highest BCUT2D eigenvalue weighted by Crippen LogP contribution is 2.70. The number of hydrogen-bond acceptors (Lipinski definition) is 12. The number of carbonyl (C=O) groups is 1. The van der Waals surface area contributed by atoms with Gasteiger partial charge in [-0.05, 0) is 56.4 Å². The highest BCUT2D eigenvalue weighted by Gasteiger charge is 2.75. The summed E-state index contributed by atoms with van der Waals surface area (Å²) in [6.07, 6.45) is -6.68. The van der Waals surface area contributed by atoms with Crippen LogP contribution in [0.5, 0.6) is 0 Å². The van der Waals surface area contributed by atoms with Gasteiger partial charge in [0.05, 0.1) is 47.6 Å². The van der Waals surface area contributed by atoms with Crippen molar-refractivity contribution in [3.05, 3.63) is 11.6 Å². The summed E-state index contributed by atoms with van der Waals surface area (Å²) in [6.45, 7) is 3.00. The summed E-state index contributed by atoms with van der Waals surface area (Å²) in [5, 5.41) is 89.6. The van der Waals surface area contributed by atoms with Gasteiger partial charge in [-0.25, -0.2) is 4.79 Å². The second-order valence-electron chi connectivity index (χ2n) is 13.8. The lowest BCUT2D eigenvalue weighted by Crippen LogP contribution is -2.76. The van der Waals surface area contributed by atoms with E-state index in [4.69, 9.17) is 14.2 Å². The van der Waals surface area contributed by atoms with Crippen LogP contribution in [0.25, 0.3) is 0 Å². The molecule has 12 heteroatoms. The van der Waals surface area contributed by atoms with Crippen LogP contribution in [0, 0.1) is 28.6 Å². The molecule has 12 nitrogen and oxygen atoms in total. The van der Waals surface area contributed by atoms with Crippen LogP contribution in [0.2, 0.25) is 0 Å². The van der Waals surface area contributed by atoms with Gasteiger partial charge in [-0.15, -0.1) is 0 Å². The maximum absolute atomic E-state index is 12.4. The third-order valence-corrected chi connectivity index (χ3v) is 12.2. The Kier molecular flexibility index (Phi) is 7.22. The summed E-state index contributed by atoms with van der Waals surface area (Å²) in [5.41, 5.74) is -4.46. The number of cyclic esters (lactones) is 1. The molecular formula is C29H44O12. The molecule has 41 heavy (non-hydrogen) atoms. The van der Waals surface area contributed by atoms with Crippen molar-refractivity contribution in [3.8, 4) is 0 Å². The van der Waals surface area contributed by atoms with Gasteiger partial charge in [-0.2, -0.15) is 0 Å². The molecule has 4 unspecified atom stereocenters.